The molecule has 0 aromatic heterocycles. The lowest BCUT2D eigenvalue weighted by Crippen LogP contribution is -2.30. The second-order valence-electron chi connectivity index (χ2n) is 3.78. The topological polar surface area (TPSA) is 66.4 Å². The minimum absolute atomic E-state index is 0.222. The van der Waals surface area contributed by atoms with Crippen molar-refractivity contribution in [3.05, 3.63) is 34.9 Å². The second kappa shape index (κ2) is 5.30. The third-order valence-corrected chi connectivity index (χ3v) is 2.29. The van der Waals surface area contributed by atoms with E-state index in [1.807, 2.05) is 32.0 Å². The highest BCUT2D eigenvalue weighted by molar-refractivity contribution is 5.83. The van der Waals surface area contributed by atoms with Crippen LogP contribution in [0.4, 0.5) is 0 Å². The van der Waals surface area contributed by atoms with Crippen LogP contribution >= 0.6 is 0 Å². The first-order chi connectivity index (χ1) is 7.49. The number of hydrogen-bond acceptors (Lipinski definition) is 2. The van der Waals surface area contributed by atoms with E-state index >= 15 is 0 Å². The van der Waals surface area contributed by atoms with Crippen molar-refractivity contribution in [3.63, 3.8) is 0 Å². The molecule has 0 atom stereocenters. The molecule has 4 heteroatoms. The summed E-state index contributed by atoms with van der Waals surface area (Å²) in [7, 11) is 0. The molecular formula is C12H15NO3. The van der Waals surface area contributed by atoms with Gasteiger partial charge in [0.25, 0.3) is 0 Å². The van der Waals surface area contributed by atoms with Crippen LogP contribution in [0.5, 0.6) is 0 Å². The molecule has 0 aliphatic heterocycles. The Bertz CT molecular complexity index is 413. The van der Waals surface area contributed by atoms with Crippen LogP contribution in [0.25, 0.3) is 0 Å². The Morgan fingerprint density at radius 1 is 1.31 bits per heavy atom. The van der Waals surface area contributed by atoms with Crippen LogP contribution in [0.1, 0.15) is 16.7 Å². The Hall–Kier alpha value is -1.84. The Labute approximate surface area is 94.3 Å². The zero-order valence-electron chi connectivity index (χ0n) is 9.41. The van der Waals surface area contributed by atoms with E-state index in [1.54, 1.807) is 0 Å². The number of carboxylic acid groups (broad SMARTS) is 1. The van der Waals surface area contributed by atoms with Crippen LogP contribution in [0.15, 0.2) is 18.2 Å². The molecule has 0 spiro atoms. The predicted octanol–water partition coefficient (Wildman–Crippen LogP) is 1.05. The summed E-state index contributed by atoms with van der Waals surface area (Å²) in [5.74, 6) is -1.30. The van der Waals surface area contributed by atoms with Gasteiger partial charge in [-0.2, -0.15) is 0 Å². The van der Waals surface area contributed by atoms with Gasteiger partial charge in [0.2, 0.25) is 5.91 Å². The lowest BCUT2D eigenvalue weighted by Gasteiger charge is -2.06. The van der Waals surface area contributed by atoms with Crippen molar-refractivity contribution in [3.8, 4) is 0 Å². The number of rotatable bonds is 4. The molecule has 0 saturated heterocycles. The number of aryl methyl sites for hydroxylation is 2. The lowest BCUT2D eigenvalue weighted by molar-refractivity contribution is -0.137. The zero-order valence-corrected chi connectivity index (χ0v) is 9.41. The van der Waals surface area contributed by atoms with E-state index in [-0.39, 0.29) is 18.9 Å². The number of nitrogens with one attached hydrogen (secondary N) is 1. The normalized spacial score (nSPS) is 9.88. The molecule has 1 amide bonds. The molecule has 2 N–H and O–H groups in total. The van der Waals surface area contributed by atoms with Crippen LogP contribution in [0.3, 0.4) is 0 Å². The average molecular weight is 221 g/mol. The molecule has 0 fully saturated rings. The monoisotopic (exact) mass is 221 g/mol. The maximum Gasteiger partial charge on any atom is 0.322 e. The van der Waals surface area contributed by atoms with Crippen LogP contribution in [0, 0.1) is 13.8 Å². The number of carboxylic acids is 1. The quantitative estimate of drug-likeness (QED) is 0.798. The highest BCUT2D eigenvalue weighted by Gasteiger charge is 2.07. The van der Waals surface area contributed by atoms with Gasteiger partial charge < -0.3 is 10.4 Å². The predicted molar refractivity (Wildman–Crippen MR) is 60.3 cm³/mol. The van der Waals surface area contributed by atoms with Crippen molar-refractivity contribution >= 4 is 11.9 Å². The molecule has 0 aliphatic rings. The molecular weight excluding hydrogens is 206 g/mol. The summed E-state index contributed by atoms with van der Waals surface area (Å²) in [4.78, 5) is 21.6. The number of hydrogen-bond donors (Lipinski definition) is 2. The maximum atomic E-state index is 11.4. The van der Waals surface area contributed by atoms with Crippen LogP contribution in [-0.4, -0.2) is 23.5 Å². The van der Waals surface area contributed by atoms with E-state index in [1.165, 1.54) is 0 Å². The molecule has 0 aliphatic carbocycles. The van der Waals surface area contributed by atoms with Crippen molar-refractivity contribution in [1.29, 1.82) is 0 Å². The summed E-state index contributed by atoms with van der Waals surface area (Å²) in [6, 6.07) is 5.83. The van der Waals surface area contributed by atoms with Gasteiger partial charge >= 0.3 is 5.97 Å². The summed E-state index contributed by atoms with van der Waals surface area (Å²) < 4.78 is 0. The molecule has 1 aromatic rings. The highest BCUT2D eigenvalue weighted by Crippen LogP contribution is 2.10. The molecule has 0 heterocycles. The molecule has 1 rings (SSSR count). The third kappa shape index (κ3) is 3.73. The average Bonchev–Trinajstić information content (AvgIpc) is 2.19. The van der Waals surface area contributed by atoms with Crippen LogP contribution in [-0.2, 0) is 16.0 Å². The van der Waals surface area contributed by atoms with Crippen molar-refractivity contribution in [2.45, 2.75) is 20.3 Å². The minimum atomic E-state index is -1.03. The minimum Gasteiger partial charge on any atom is -0.480 e. The Morgan fingerprint density at radius 2 is 2.00 bits per heavy atom. The van der Waals surface area contributed by atoms with Crippen LogP contribution < -0.4 is 5.32 Å². The van der Waals surface area contributed by atoms with Crippen molar-refractivity contribution in [2.75, 3.05) is 6.54 Å². The van der Waals surface area contributed by atoms with Gasteiger partial charge in [-0.25, -0.2) is 0 Å². The van der Waals surface area contributed by atoms with E-state index < -0.39 is 5.97 Å². The first-order valence-electron chi connectivity index (χ1n) is 5.03. The Morgan fingerprint density at radius 3 is 2.56 bits per heavy atom. The van der Waals surface area contributed by atoms with Gasteiger partial charge in [0.05, 0.1) is 6.42 Å². The number of carbonyl (C=O) groups excluding carboxylic acids is 1. The summed E-state index contributed by atoms with van der Waals surface area (Å²) in [5, 5.41) is 10.7. The van der Waals surface area contributed by atoms with Gasteiger partial charge in [0.1, 0.15) is 6.54 Å². The standard InChI is InChI=1S/C12H15NO3/c1-8-3-4-10(9(2)5-8)6-11(14)13-7-12(15)16/h3-5H,6-7H2,1-2H3,(H,13,14)(H,15,16). The number of carbonyl (C=O) groups is 2. The van der Waals surface area contributed by atoms with Gasteiger partial charge in [-0.1, -0.05) is 23.8 Å². The summed E-state index contributed by atoms with van der Waals surface area (Å²) in [6.45, 7) is 3.60. The Kier molecular flexibility index (Phi) is 4.05. The van der Waals surface area contributed by atoms with Crippen molar-refractivity contribution < 1.29 is 14.7 Å². The largest absolute Gasteiger partial charge is 0.480 e. The molecule has 0 bridgehead atoms. The fourth-order valence-corrected chi connectivity index (χ4v) is 1.45. The summed E-state index contributed by atoms with van der Waals surface area (Å²) in [5.41, 5.74) is 3.12. The smallest absolute Gasteiger partial charge is 0.322 e. The van der Waals surface area contributed by atoms with Gasteiger partial charge in [-0.3, -0.25) is 9.59 Å². The van der Waals surface area contributed by atoms with E-state index in [0.29, 0.717) is 0 Å². The second-order valence-corrected chi connectivity index (χ2v) is 3.78. The van der Waals surface area contributed by atoms with E-state index in [0.717, 1.165) is 16.7 Å². The first-order valence-corrected chi connectivity index (χ1v) is 5.03. The summed E-state index contributed by atoms with van der Waals surface area (Å²) >= 11 is 0. The van der Waals surface area contributed by atoms with Crippen molar-refractivity contribution in [2.24, 2.45) is 0 Å². The molecule has 1 aromatic carbocycles. The lowest BCUT2D eigenvalue weighted by atomic mass is 10.0. The fraction of sp³-hybridized carbons (Fsp3) is 0.333. The highest BCUT2D eigenvalue weighted by atomic mass is 16.4. The van der Waals surface area contributed by atoms with E-state index in [4.69, 9.17) is 5.11 Å². The Balaban J connectivity index is 2.59. The van der Waals surface area contributed by atoms with E-state index in [9.17, 15) is 9.59 Å². The van der Waals surface area contributed by atoms with Gasteiger partial charge in [-0.15, -0.1) is 0 Å². The molecule has 86 valence electrons. The van der Waals surface area contributed by atoms with E-state index in [2.05, 4.69) is 5.32 Å². The number of amides is 1. The molecule has 16 heavy (non-hydrogen) atoms. The number of aliphatic carboxylic acids is 1. The van der Waals surface area contributed by atoms with Gasteiger partial charge in [0, 0.05) is 0 Å². The molecule has 4 nitrogen and oxygen atoms in total. The molecule has 0 unspecified atom stereocenters. The van der Waals surface area contributed by atoms with Crippen LogP contribution in [0.2, 0.25) is 0 Å². The summed E-state index contributed by atoms with van der Waals surface area (Å²) in [6.07, 6.45) is 0.222. The van der Waals surface area contributed by atoms with Crippen molar-refractivity contribution in [1.82, 2.24) is 5.32 Å². The fourth-order valence-electron chi connectivity index (χ4n) is 1.45. The molecule has 0 radical (unpaired) electrons. The first kappa shape index (κ1) is 12.2. The zero-order chi connectivity index (χ0) is 12.1. The van der Waals surface area contributed by atoms with Gasteiger partial charge in [0.15, 0.2) is 0 Å². The third-order valence-electron chi connectivity index (χ3n) is 2.29. The van der Waals surface area contributed by atoms with Gasteiger partial charge in [-0.05, 0) is 25.0 Å². The molecule has 0 saturated carbocycles. The SMILES string of the molecule is Cc1ccc(CC(=O)NCC(=O)O)c(C)c1. The maximum absolute atomic E-state index is 11.4. The number of benzene rings is 1.